The van der Waals surface area contributed by atoms with Gasteiger partial charge in [-0.3, -0.25) is 4.79 Å². The van der Waals surface area contributed by atoms with Gasteiger partial charge in [0.25, 0.3) is 0 Å². The van der Waals surface area contributed by atoms with Crippen LogP contribution in [0, 0.1) is 12.8 Å². The molecule has 2 rings (SSSR count). The van der Waals surface area contributed by atoms with Crippen LogP contribution in [0.2, 0.25) is 0 Å². The number of nitrogens with two attached hydrogens (primary N) is 1. The summed E-state index contributed by atoms with van der Waals surface area (Å²) < 4.78 is 0. The van der Waals surface area contributed by atoms with Crippen LogP contribution in [0.1, 0.15) is 17.8 Å². The molecule has 1 aliphatic rings. The Morgan fingerprint density at radius 3 is 3.00 bits per heavy atom. The third kappa shape index (κ3) is 2.26. The lowest BCUT2D eigenvalue weighted by molar-refractivity contribution is -0.122. The van der Waals surface area contributed by atoms with Gasteiger partial charge in [-0.1, -0.05) is 11.3 Å². The number of nitrogens with zero attached hydrogens (tertiary/aromatic N) is 3. The van der Waals surface area contributed by atoms with Crippen LogP contribution in [0.4, 0.5) is 5.13 Å². The fourth-order valence-corrected chi connectivity index (χ4v) is 2.52. The van der Waals surface area contributed by atoms with Crippen LogP contribution in [0.15, 0.2) is 0 Å². The van der Waals surface area contributed by atoms with Crippen LogP contribution in [0.5, 0.6) is 0 Å². The van der Waals surface area contributed by atoms with Crippen molar-refractivity contribution in [3.63, 3.8) is 0 Å². The molecular weight excluding hydrogens is 212 g/mol. The maximum Gasteiger partial charge on any atom is 0.222 e. The topological polar surface area (TPSA) is 72.1 Å². The molecule has 1 fully saturated rings. The third-order valence-corrected chi connectivity index (χ3v) is 3.51. The number of carbonyl (C=O) groups is 1. The molecule has 5 nitrogen and oxygen atoms in total. The number of rotatable bonds is 2. The molecule has 0 saturated carbocycles. The summed E-state index contributed by atoms with van der Waals surface area (Å²) >= 11 is 1.56. The summed E-state index contributed by atoms with van der Waals surface area (Å²) in [7, 11) is 0. The molecule has 1 atom stereocenters. The predicted molar refractivity (Wildman–Crippen MR) is 58.8 cm³/mol. The van der Waals surface area contributed by atoms with Gasteiger partial charge in [-0.15, -0.1) is 10.2 Å². The molecule has 82 valence electrons. The summed E-state index contributed by atoms with van der Waals surface area (Å²) in [5.41, 5.74) is 5.31. The molecule has 1 aromatic heterocycles. The standard InChI is InChI=1S/C9H14N4OS/c1-6-11-12-9(15-6)13-4-2-3-7(5-13)8(10)14/h7H,2-5H2,1H3,(H2,10,14)/t7-/m1/s1. The third-order valence-electron chi connectivity index (χ3n) is 2.61. The molecule has 2 heterocycles. The zero-order chi connectivity index (χ0) is 10.8. The highest BCUT2D eigenvalue weighted by atomic mass is 32.1. The largest absolute Gasteiger partial charge is 0.369 e. The van der Waals surface area contributed by atoms with Crippen molar-refractivity contribution < 1.29 is 4.79 Å². The molecule has 6 heteroatoms. The maximum absolute atomic E-state index is 11.1. The number of primary amides is 1. The van der Waals surface area contributed by atoms with E-state index >= 15 is 0 Å². The second kappa shape index (κ2) is 4.14. The van der Waals surface area contributed by atoms with Crippen molar-refractivity contribution in [3.05, 3.63) is 5.01 Å². The van der Waals surface area contributed by atoms with Gasteiger partial charge < -0.3 is 10.6 Å². The van der Waals surface area contributed by atoms with Crippen LogP contribution in [0.3, 0.4) is 0 Å². The first-order valence-corrected chi connectivity index (χ1v) is 5.83. The van der Waals surface area contributed by atoms with E-state index in [-0.39, 0.29) is 11.8 Å². The van der Waals surface area contributed by atoms with Crippen LogP contribution >= 0.6 is 11.3 Å². The van der Waals surface area contributed by atoms with Crippen LogP contribution < -0.4 is 10.6 Å². The molecule has 15 heavy (non-hydrogen) atoms. The second-order valence-electron chi connectivity index (χ2n) is 3.79. The van der Waals surface area contributed by atoms with Gasteiger partial charge in [-0.25, -0.2) is 0 Å². The predicted octanol–water partition coefficient (Wildman–Crippen LogP) is 0.548. The van der Waals surface area contributed by atoms with Gasteiger partial charge in [0, 0.05) is 13.1 Å². The quantitative estimate of drug-likeness (QED) is 0.799. The van der Waals surface area contributed by atoms with Crippen molar-refractivity contribution >= 4 is 22.4 Å². The lowest BCUT2D eigenvalue weighted by Gasteiger charge is -2.30. The van der Waals surface area contributed by atoms with E-state index in [1.165, 1.54) is 0 Å². The summed E-state index contributed by atoms with van der Waals surface area (Å²) in [6.45, 7) is 3.55. The molecule has 0 aliphatic carbocycles. The molecule has 1 amide bonds. The van der Waals surface area contributed by atoms with Gasteiger partial charge in [0.05, 0.1) is 5.92 Å². The van der Waals surface area contributed by atoms with Crippen molar-refractivity contribution in [2.24, 2.45) is 11.7 Å². The zero-order valence-electron chi connectivity index (χ0n) is 8.64. The van der Waals surface area contributed by atoms with Gasteiger partial charge in [-0.2, -0.15) is 0 Å². The van der Waals surface area contributed by atoms with Gasteiger partial charge in [0.15, 0.2) is 0 Å². The van der Waals surface area contributed by atoms with Gasteiger partial charge in [0.2, 0.25) is 11.0 Å². The number of hydrogen-bond donors (Lipinski definition) is 1. The monoisotopic (exact) mass is 226 g/mol. The lowest BCUT2D eigenvalue weighted by Crippen LogP contribution is -2.41. The molecule has 0 unspecified atom stereocenters. The zero-order valence-corrected chi connectivity index (χ0v) is 9.46. The molecule has 1 saturated heterocycles. The van der Waals surface area contributed by atoms with Crippen molar-refractivity contribution in [3.8, 4) is 0 Å². The van der Waals surface area contributed by atoms with E-state index in [2.05, 4.69) is 15.1 Å². The number of amides is 1. The van der Waals surface area contributed by atoms with E-state index in [1.54, 1.807) is 11.3 Å². The summed E-state index contributed by atoms with van der Waals surface area (Å²) in [4.78, 5) is 13.2. The minimum atomic E-state index is -0.207. The Kier molecular flexibility index (Phi) is 2.86. The number of hydrogen-bond acceptors (Lipinski definition) is 5. The Hall–Kier alpha value is -1.17. The first kappa shape index (κ1) is 10.4. The minimum Gasteiger partial charge on any atom is -0.369 e. The molecule has 1 aromatic rings. The summed E-state index contributed by atoms with van der Waals surface area (Å²) in [5, 5.41) is 9.90. The minimum absolute atomic E-state index is 0.0389. The first-order chi connectivity index (χ1) is 7.16. The Labute approximate surface area is 92.3 Å². The Balaban J connectivity index is 2.07. The Bertz CT molecular complexity index is 365. The van der Waals surface area contributed by atoms with E-state index in [0.29, 0.717) is 6.54 Å². The van der Waals surface area contributed by atoms with Gasteiger partial charge >= 0.3 is 0 Å². The maximum atomic E-state index is 11.1. The average molecular weight is 226 g/mol. The normalized spacial score (nSPS) is 21.7. The highest BCUT2D eigenvalue weighted by Crippen LogP contribution is 2.25. The number of anilines is 1. The fourth-order valence-electron chi connectivity index (χ4n) is 1.80. The lowest BCUT2D eigenvalue weighted by atomic mass is 9.98. The Morgan fingerprint density at radius 2 is 2.40 bits per heavy atom. The summed E-state index contributed by atoms with van der Waals surface area (Å²) in [6.07, 6.45) is 1.88. The Morgan fingerprint density at radius 1 is 1.60 bits per heavy atom. The van der Waals surface area contributed by atoms with E-state index in [9.17, 15) is 4.79 Å². The van der Waals surface area contributed by atoms with E-state index in [0.717, 1.165) is 29.5 Å². The molecule has 0 spiro atoms. The summed E-state index contributed by atoms with van der Waals surface area (Å²) in [5.74, 6) is -0.246. The highest BCUT2D eigenvalue weighted by molar-refractivity contribution is 7.15. The fraction of sp³-hybridized carbons (Fsp3) is 0.667. The molecular formula is C9H14N4OS. The molecule has 0 radical (unpaired) electrons. The highest BCUT2D eigenvalue weighted by Gasteiger charge is 2.25. The first-order valence-electron chi connectivity index (χ1n) is 5.01. The molecule has 0 bridgehead atoms. The molecule has 1 aliphatic heterocycles. The van der Waals surface area contributed by atoms with Crippen molar-refractivity contribution in [1.82, 2.24) is 10.2 Å². The van der Waals surface area contributed by atoms with Gasteiger partial charge in [-0.05, 0) is 19.8 Å². The van der Waals surface area contributed by atoms with E-state index in [4.69, 9.17) is 5.73 Å². The van der Waals surface area contributed by atoms with Crippen molar-refractivity contribution in [1.29, 1.82) is 0 Å². The number of piperidine rings is 1. The number of aromatic nitrogens is 2. The van der Waals surface area contributed by atoms with Crippen molar-refractivity contribution in [2.45, 2.75) is 19.8 Å². The van der Waals surface area contributed by atoms with E-state index in [1.807, 2.05) is 6.92 Å². The van der Waals surface area contributed by atoms with Crippen LogP contribution in [0.25, 0.3) is 0 Å². The SMILES string of the molecule is Cc1nnc(N2CCC[C@@H](C(N)=O)C2)s1. The second-order valence-corrected chi connectivity index (χ2v) is 4.95. The smallest absolute Gasteiger partial charge is 0.222 e. The average Bonchev–Trinajstić information content (AvgIpc) is 2.65. The number of aryl methyl sites for hydroxylation is 1. The van der Waals surface area contributed by atoms with Crippen LogP contribution in [-0.2, 0) is 4.79 Å². The molecule has 0 aromatic carbocycles. The van der Waals surface area contributed by atoms with Crippen molar-refractivity contribution in [2.75, 3.05) is 18.0 Å². The number of carbonyl (C=O) groups excluding carboxylic acids is 1. The van der Waals surface area contributed by atoms with E-state index < -0.39 is 0 Å². The summed E-state index contributed by atoms with van der Waals surface area (Å²) in [6, 6.07) is 0. The molecule has 2 N–H and O–H groups in total. The van der Waals surface area contributed by atoms with Gasteiger partial charge in [0.1, 0.15) is 5.01 Å². The van der Waals surface area contributed by atoms with Crippen LogP contribution in [-0.4, -0.2) is 29.2 Å².